The minimum absolute atomic E-state index is 0.0921. The Labute approximate surface area is 130 Å². The number of hydrogen-bond donors (Lipinski definition) is 2. The molecule has 116 valence electrons. The van der Waals surface area contributed by atoms with Gasteiger partial charge >= 0.3 is 0 Å². The molecule has 1 aromatic carbocycles. The molecule has 5 heteroatoms. The van der Waals surface area contributed by atoms with Gasteiger partial charge in [-0.05, 0) is 37.3 Å². The van der Waals surface area contributed by atoms with E-state index in [4.69, 9.17) is 0 Å². The van der Waals surface area contributed by atoms with Crippen LogP contribution >= 0.6 is 0 Å². The molecule has 0 bridgehead atoms. The molecule has 1 aliphatic rings. The quantitative estimate of drug-likeness (QED) is 0.908. The summed E-state index contributed by atoms with van der Waals surface area (Å²) in [6.07, 6.45) is 2.75. The summed E-state index contributed by atoms with van der Waals surface area (Å²) >= 11 is 0. The molecule has 2 heterocycles. The monoisotopic (exact) mass is 299 g/mol. The van der Waals surface area contributed by atoms with Crippen LogP contribution in [0.5, 0.6) is 0 Å². The zero-order chi connectivity index (χ0) is 15.5. The summed E-state index contributed by atoms with van der Waals surface area (Å²) in [5.74, 6) is 0.109. The van der Waals surface area contributed by atoms with Crippen LogP contribution in [-0.4, -0.2) is 45.3 Å². The smallest absolute Gasteiger partial charge is 0.271 e. The summed E-state index contributed by atoms with van der Waals surface area (Å²) < 4.78 is 0. The molecular formula is C17H21N3O2. The number of H-pyrrole nitrogens is 1. The average Bonchev–Trinajstić information content (AvgIpc) is 3.03. The maximum Gasteiger partial charge on any atom is 0.271 e. The molecule has 22 heavy (non-hydrogen) atoms. The highest BCUT2D eigenvalue weighted by molar-refractivity contribution is 5.92. The zero-order valence-corrected chi connectivity index (χ0v) is 12.7. The number of likely N-dealkylation sites (tertiary alicyclic amines) is 1. The van der Waals surface area contributed by atoms with Crippen molar-refractivity contribution in [3.8, 4) is 0 Å². The maximum absolute atomic E-state index is 12.3. The van der Waals surface area contributed by atoms with Gasteiger partial charge in [-0.3, -0.25) is 9.89 Å². The summed E-state index contributed by atoms with van der Waals surface area (Å²) in [7, 11) is 0. The van der Waals surface area contributed by atoms with Gasteiger partial charge in [0.15, 0.2) is 0 Å². The number of aromatic nitrogens is 2. The summed E-state index contributed by atoms with van der Waals surface area (Å²) in [6, 6.07) is 10.0. The van der Waals surface area contributed by atoms with E-state index >= 15 is 0 Å². The van der Waals surface area contributed by atoms with Crippen molar-refractivity contribution in [2.45, 2.75) is 25.9 Å². The largest absolute Gasteiger partial charge is 0.391 e. The Kier molecular flexibility index (Phi) is 4.24. The minimum atomic E-state index is -0.485. The second-order valence-electron chi connectivity index (χ2n) is 6.03. The number of rotatable bonds is 3. The number of aryl methyl sites for hydroxylation is 1. The zero-order valence-electron chi connectivity index (χ0n) is 12.7. The molecule has 1 amide bonds. The Morgan fingerprint density at radius 3 is 3.00 bits per heavy atom. The lowest BCUT2D eigenvalue weighted by molar-refractivity contribution is 0.0195. The summed E-state index contributed by atoms with van der Waals surface area (Å²) in [5, 5.41) is 16.9. The van der Waals surface area contributed by atoms with Crippen LogP contribution < -0.4 is 0 Å². The number of aromatic amines is 1. The van der Waals surface area contributed by atoms with Gasteiger partial charge in [0.2, 0.25) is 0 Å². The SMILES string of the molecule is Cc1cccc(C[C@H]2CCN(C(=O)c3ccn[nH]3)C[C@@H]2O)c1. The van der Waals surface area contributed by atoms with Gasteiger partial charge in [-0.15, -0.1) is 0 Å². The van der Waals surface area contributed by atoms with Crippen molar-refractivity contribution < 1.29 is 9.90 Å². The van der Waals surface area contributed by atoms with Crippen LogP contribution in [0.15, 0.2) is 36.5 Å². The number of aliphatic hydroxyl groups excluding tert-OH is 1. The number of carbonyl (C=O) groups excluding carboxylic acids is 1. The summed E-state index contributed by atoms with van der Waals surface area (Å²) in [5.41, 5.74) is 2.96. The van der Waals surface area contributed by atoms with Gasteiger partial charge in [0, 0.05) is 19.3 Å². The fourth-order valence-electron chi connectivity index (χ4n) is 3.09. The predicted molar refractivity (Wildman–Crippen MR) is 83.5 cm³/mol. The van der Waals surface area contributed by atoms with Gasteiger partial charge in [-0.25, -0.2) is 0 Å². The Balaban J connectivity index is 1.61. The molecule has 0 saturated carbocycles. The van der Waals surface area contributed by atoms with Crippen LogP contribution in [0.2, 0.25) is 0 Å². The Bertz CT molecular complexity index is 639. The highest BCUT2D eigenvalue weighted by Gasteiger charge is 2.30. The van der Waals surface area contributed by atoms with E-state index in [0.29, 0.717) is 18.8 Å². The van der Waals surface area contributed by atoms with E-state index in [1.54, 1.807) is 17.2 Å². The normalized spacial score (nSPS) is 21.8. The van der Waals surface area contributed by atoms with Crippen molar-refractivity contribution in [2.75, 3.05) is 13.1 Å². The first-order valence-electron chi connectivity index (χ1n) is 7.66. The number of benzene rings is 1. The van der Waals surface area contributed by atoms with E-state index in [2.05, 4.69) is 35.3 Å². The Morgan fingerprint density at radius 2 is 2.32 bits per heavy atom. The lowest BCUT2D eigenvalue weighted by atomic mass is 9.87. The molecule has 0 unspecified atom stereocenters. The number of piperidine rings is 1. The third-order valence-corrected chi connectivity index (χ3v) is 4.32. The third-order valence-electron chi connectivity index (χ3n) is 4.32. The van der Waals surface area contributed by atoms with E-state index in [1.165, 1.54) is 11.1 Å². The van der Waals surface area contributed by atoms with E-state index in [0.717, 1.165) is 12.8 Å². The number of aliphatic hydroxyl groups is 1. The molecule has 2 aromatic rings. The van der Waals surface area contributed by atoms with Crippen LogP contribution in [0.4, 0.5) is 0 Å². The van der Waals surface area contributed by atoms with Crippen molar-refractivity contribution in [1.29, 1.82) is 0 Å². The van der Waals surface area contributed by atoms with Crippen LogP contribution in [-0.2, 0) is 6.42 Å². The van der Waals surface area contributed by atoms with Crippen LogP contribution in [0, 0.1) is 12.8 Å². The molecule has 2 atom stereocenters. The van der Waals surface area contributed by atoms with E-state index < -0.39 is 6.10 Å². The van der Waals surface area contributed by atoms with Crippen molar-refractivity contribution in [3.63, 3.8) is 0 Å². The van der Waals surface area contributed by atoms with E-state index in [1.807, 2.05) is 6.07 Å². The predicted octanol–water partition coefficient (Wildman–Crippen LogP) is 1.78. The topological polar surface area (TPSA) is 69.2 Å². The average molecular weight is 299 g/mol. The fraction of sp³-hybridized carbons (Fsp3) is 0.412. The molecule has 1 aliphatic heterocycles. The first-order chi connectivity index (χ1) is 10.6. The summed E-state index contributed by atoms with van der Waals surface area (Å²) in [6.45, 7) is 3.13. The van der Waals surface area contributed by atoms with Gasteiger partial charge in [0.1, 0.15) is 5.69 Å². The first-order valence-corrected chi connectivity index (χ1v) is 7.66. The summed E-state index contributed by atoms with van der Waals surface area (Å²) in [4.78, 5) is 14.0. The van der Waals surface area contributed by atoms with Gasteiger partial charge in [0.05, 0.1) is 6.10 Å². The maximum atomic E-state index is 12.3. The van der Waals surface area contributed by atoms with Gasteiger partial charge in [0.25, 0.3) is 5.91 Å². The number of β-amino-alcohol motifs (C(OH)–C–C–N with tert-alkyl or cyclic N) is 1. The number of carbonyl (C=O) groups is 1. The van der Waals surface area contributed by atoms with E-state index in [-0.39, 0.29) is 11.8 Å². The standard InChI is InChI=1S/C17H21N3O2/c1-12-3-2-4-13(9-12)10-14-6-8-20(11-16(14)21)17(22)15-5-7-18-19-15/h2-5,7,9,14,16,21H,6,8,10-11H2,1H3,(H,18,19)/t14-,16+/m1/s1. The molecule has 2 N–H and O–H groups in total. The van der Waals surface area contributed by atoms with Crippen LogP contribution in [0.3, 0.4) is 0 Å². The van der Waals surface area contributed by atoms with Crippen molar-refractivity contribution in [1.82, 2.24) is 15.1 Å². The third kappa shape index (κ3) is 3.20. The second kappa shape index (κ2) is 6.32. The minimum Gasteiger partial charge on any atom is -0.391 e. The number of hydrogen-bond acceptors (Lipinski definition) is 3. The van der Waals surface area contributed by atoms with Gasteiger partial charge in [-0.2, -0.15) is 5.10 Å². The molecule has 1 saturated heterocycles. The molecule has 0 radical (unpaired) electrons. The molecule has 3 rings (SSSR count). The molecule has 0 spiro atoms. The van der Waals surface area contributed by atoms with Crippen molar-refractivity contribution in [3.05, 3.63) is 53.3 Å². The Hall–Kier alpha value is -2.14. The lowest BCUT2D eigenvalue weighted by Crippen LogP contribution is -2.47. The molecule has 1 aromatic heterocycles. The van der Waals surface area contributed by atoms with Crippen LogP contribution in [0.25, 0.3) is 0 Å². The van der Waals surface area contributed by atoms with Crippen molar-refractivity contribution >= 4 is 5.91 Å². The van der Waals surface area contributed by atoms with Gasteiger partial charge in [-0.1, -0.05) is 29.8 Å². The van der Waals surface area contributed by atoms with Gasteiger partial charge < -0.3 is 10.0 Å². The molecule has 0 aliphatic carbocycles. The van der Waals surface area contributed by atoms with Crippen LogP contribution in [0.1, 0.15) is 28.0 Å². The lowest BCUT2D eigenvalue weighted by Gasteiger charge is -2.35. The second-order valence-corrected chi connectivity index (χ2v) is 6.03. The molecular weight excluding hydrogens is 278 g/mol. The number of nitrogens with zero attached hydrogens (tertiary/aromatic N) is 2. The highest BCUT2D eigenvalue weighted by Crippen LogP contribution is 2.23. The number of nitrogens with one attached hydrogen (secondary N) is 1. The number of amides is 1. The fourth-order valence-corrected chi connectivity index (χ4v) is 3.09. The first kappa shape index (κ1) is 14.8. The Morgan fingerprint density at radius 1 is 1.45 bits per heavy atom. The van der Waals surface area contributed by atoms with Crippen molar-refractivity contribution in [2.24, 2.45) is 5.92 Å². The molecule has 5 nitrogen and oxygen atoms in total. The molecule has 1 fully saturated rings. The van der Waals surface area contributed by atoms with E-state index in [9.17, 15) is 9.90 Å². The highest BCUT2D eigenvalue weighted by atomic mass is 16.3.